The Balaban J connectivity index is 2.11. The van der Waals surface area contributed by atoms with Gasteiger partial charge in [-0.15, -0.1) is 11.3 Å². The molecule has 17 heavy (non-hydrogen) atoms. The summed E-state index contributed by atoms with van der Waals surface area (Å²) in [5, 5.41) is 14.4. The van der Waals surface area contributed by atoms with E-state index in [2.05, 4.69) is 37.0 Å². The predicted octanol–water partition coefficient (Wildman–Crippen LogP) is 3.77. The first-order valence-electron chi connectivity index (χ1n) is 5.24. The number of thiophene rings is 1. The highest BCUT2D eigenvalue weighted by molar-refractivity contribution is 9.12. The predicted molar refractivity (Wildman–Crippen MR) is 76.3 cm³/mol. The topological polar surface area (TPSA) is 38.0 Å². The maximum absolute atomic E-state index is 10.2. The van der Waals surface area contributed by atoms with Crippen LogP contribution in [0.4, 0.5) is 0 Å². The monoisotopic (exact) mass is 378 g/mol. The Hall–Kier alpha value is -0.170. The van der Waals surface area contributed by atoms with Crippen LogP contribution >= 0.6 is 43.2 Å². The minimum absolute atomic E-state index is 0.499. The number of aryl methyl sites for hydroxylation is 1. The second-order valence-electron chi connectivity index (χ2n) is 3.70. The summed E-state index contributed by atoms with van der Waals surface area (Å²) < 4.78 is 3.85. The molecule has 0 fully saturated rings. The van der Waals surface area contributed by atoms with Gasteiger partial charge in [-0.2, -0.15) is 5.10 Å². The summed E-state index contributed by atoms with van der Waals surface area (Å²) >= 11 is 8.44. The highest BCUT2D eigenvalue weighted by Gasteiger charge is 2.15. The number of halogens is 2. The quantitative estimate of drug-likeness (QED) is 0.877. The first-order valence-corrected chi connectivity index (χ1v) is 7.64. The van der Waals surface area contributed by atoms with Crippen LogP contribution in [0.15, 0.2) is 26.0 Å². The van der Waals surface area contributed by atoms with Crippen molar-refractivity contribution in [1.29, 1.82) is 0 Å². The molecule has 0 aliphatic carbocycles. The van der Waals surface area contributed by atoms with Gasteiger partial charge in [0.15, 0.2) is 0 Å². The molecule has 1 N–H and O–H groups in total. The molecule has 2 aromatic heterocycles. The van der Waals surface area contributed by atoms with Crippen molar-refractivity contribution < 1.29 is 5.11 Å². The number of nitrogens with zero attached hydrogens (tertiary/aromatic N) is 2. The molecule has 6 heteroatoms. The molecule has 1 unspecified atom stereocenters. The van der Waals surface area contributed by atoms with Gasteiger partial charge in [-0.3, -0.25) is 4.68 Å². The van der Waals surface area contributed by atoms with Gasteiger partial charge in [0.25, 0.3) is 0 Å². The third-order valence-corrected chi connectivity index (χ3v) is 4.87. The van der Waals surface area contributed by atoms with E-state index in [4.69, 9.17) is 0 Å². The number of hydrogen-bond acceptors (Lipinski definition) is 3. The number of hydrogen-bond donors (Lipinski definition) is 1. The van der Waals surface area contributed by atoms with Gasteiger partial charge in [0.1, 0.15) is 0 Å². The largest absolute Gasteiger partial charge is 0.388 e. The number of rotatable bonds is 4. The fourth-order valence-electron chi connectivity index (χ4n) is 1.60. The van der Waals surface area contributed by atoms with Gasteiger partial charge in [0.05, 0.1) is 19.9 Å². The third kappa shape index (κ3) is 3.19. The van der Waals surface area contributed by atoms with E-state index in [1.165, 1.54) is 0 Å². The van der Waals surface area contributed by atoms with E-state index in [1.54, 1.807) is 11.3 Å². The van der Waals surface area contributed by atoms with Gasteiger partial charge in [0.2, 0.25) is 0 Å². The van der Waals surface area contributed by atoms with Gasteiger partial charge in [-0.25, -0.2) is 0 Å². The molecule has 2 rings (SSSR count). The van der Waals surface area contributed by atoms with Crippen LogP contribution in [-0.4, -0.2) is 14.9 Å². The van der Waals surface area contributed by atoms with Crippen molar-refractivity contribution in [3.8, 4) is 0 Å². The van der Waals surface area contributed by atoms with Crippen molar-refractivity contribution in [1.82, 2.24) is 9.78 Å². The van der Waals surface area contributed by atoms with Crippen molar-refractivity contribution in [2.24, 2.45) is 0 Å². The first kappa shape index (κ1) is 13.3. The Kier molecular flexibility index (Phi) is 4.41. The zero-order valence-corrected chi connectivity index (χ0v) is 13.2. The maximum atomic E-state index is 10.2. The highest BCUT2D eigenvalue weighted by Crippen LogP contribution is 2.36. The van der Waals surface area contributed by atoms with Gasteiger partial charge >= 0.3 is 0 Å². The lowest BCUT2D eigenvalue weighted by Crippen LogP contribution is -2.00. The molecule has 0 saturated carbocycles. The molecule has 2 aromatic rings. The van der Waals surface area contributed by atoms with Crippen molar-refractivity contribution in [3.05, 3.63) is 37.2 Å². The highest BCUT2D eigenvalue weighted by atomic mass is 79.9. The summed E-state index contributed by atoms with van der Waals surface area (Å²) in [6, 6.07) is 1.95. The minimum atomic E-state index is -0.499. The van der Waals surface area contributed by atoms with Gasteiger partial charge < -0.3 is 5.11 Å². The molecule has 0 aliphatic rings. The molecule has 92 valence electrons. The molecular weight excluding hydrogens is 368 g/mol. The number of aliphatic hydroxyl groups is 1. The van der Waals surface area contributed by atoms with E-state index in [-0.39, 0.29) is 0 Å². The number of aromatic nitrogens is 2. The van der Waals surface area contributed by atoms with Crippen LogP contribution in [0.2, 0.25) is 0 Å². The molecule has 0 saturated heterocycles. The second-order valence-corrected chi connectivity index (χ2v) is 7.45. The molecule has 0 bridgehead atoms. The lowest BCUT2D eigenvalue weighted by Gasteiger charge is -2.07. The fraction of sp³-hybridized carbons (Fsp3) is 0.364. The normalized spacial score (nSPS) is 12.9. The van der Waals surface area contributed by atoms with Crippen LogP contribution in [0, 0.1) is 0 Å². The van der Waals surface area contributed by atoms with Crippen LogP contribution in [0.25, 0.3) is 0 Å². The summed E-state index contributed by atoms with van der Waals surface area (Å²) in [6.45, 7) is 2.89. The standard InChI is InChI=1S/C11H12Br2N2OS/c1-2-15-6-7(5-14-15)3-9(16)8-4-10(12)17-11(8)13/h4-6,9,16H,2-3H2,1H3. The van der Waals surface area contributed by atoms with Crippen LogP contribution in [0.3, 0.4) is 0 Å². The van der Waals surface area contributed by atoms with Crippen molar-refractivity contribution in [3.63, 3.8) is 0 Å². The smallest absolute Gasteiger partial charge is 0.0851 e. The Morgan fingerprint density at radius 3 is 2.82 bits per heavy atom. The van der Waals surface area contributed by atoms with Crippen LogP contribution < -0.4 is 0 Å². The van der Waals surface area contributed by atoms with Crippen molar-refractivity contribution >= 4 is 43.2 Å². The first-order chi connectivity index (χ1) is 8.10. The molecule has 0 spiro atoms. The lowest BCUT2D eigenvalue weighted by molar-refractivity contribution is 0.178. The Morgan fingerprint density at radius 2 is 2.29 bits per heavy atom. The third-order valence-electron chi connectivity index (χ3n) is 2.48. The van der Waals surface area contributed by atoms with Gasteiger partial charge in [-0.1, -0.05) is 0 Å². The molecule has 0 aromatic carbocycles. The molecular formula is C11H12Br2N2OS. The maximum Gasteiger partial charge on any atom is 0.0851 e. The SMILES string of the molecule is CCn1cc(CC(O)c2cc(Br)sc2Br)cn1. The summed E-state index contributed by atoms with van der Waals surface area (Å²) in [4.78, 5) is 0. The molecule has 0 amide bonds. The van der Waals surface area contributed by atoms with Gasteiger partial charge in [-0.05, 0) is 50.4 Å². The van der Waals surface area contributed by atoms with Crippen molar-refractivity contribution in [2.75, 3.05) is 0 Å². The zero-order chi connectivity index (χ0) is 12.4. The second kappa shape index (κ2) is 5.65. The Bertz CT molecular complexity index is 509. The van der Waals surface area contributed by atoms with Crippen LogP contribution in [0.5, 0.6) is 0 Å². The molecule has 0 aliphatic heterocycles. The van der Waals surface area contributed by atoms with Crippen LogP contribution in [0.1, 0.15) is 24.2 Å². The Morgan fingerprint density at radius 1 is 1.53 bits per heavy atom. The summed E-state index contributed by atoms with van der Waals surface area (Å²) in [6.07, 6.45) is 3.86. The Labute approximate surface area is 121 Å². The summed E-state index contributed by atoms with van der Waals surface area (Å²) in [5.41, 5.74) is 1.97. The lowest BCUT2D eigenvalue weighted by atomic mass is 10.1. The molecule has 3 nitrogen and oxygen atoms in total. The van der Waals surface area contributed by atoms with E-state index in [0.29, 0.717) is 6.42 Å². The van der Waals surface area contributed by atoms with E-state index in [0.717, 1.165) is 25.2 Å². The van der Waals surface area contributed by atoms with E-state index >= 15 is 0 Å². The summed E-state index contributed by atoms with van der Waals surface area (Å²) in [5.74, 6) is 0. The van der Waals surface area contributed by atoms with Gasteiger partial charge in [0, 0.05) is 24.7 Å². The molecule has 2 heterocycles. The molecule has 0 radical (unpaired) electrons. The van der Waals surface area contributed by atoms with Crippen molar-refractivity contribution in [2.45, 2.75) is 26.0 Å². The van der Waals surface area contributed by atoms with E-state index < -0.39 is 6.10 Å². The average Bonchev–Trinajstić information content (AvgIpc) is 2.85. The number of aliphatic hydroxyl groups excluding tert-OH is 1. The van der Waals surface area contributed by atoms with E-state index in [1.807, 2.05) is 30.1 Å². The van der Waals surface area contributed by atoms with Crippen LogP contribution in [-0.2, 0) is 13.0 Å². The fourth-order valence-corrected chi connectivity index (χ4v) is 4.55. The average molecular weight is 380 g/mol. The minimum Gasteiger partial charge on any atom is -0.388 e. The van der Waals surface area contributed by atoms with E-state index in [9.17, 15) is 5.11 Å². The molecule has 1 atom stereocenters. The zero-order valence-electron chi connectivity index (χ0n) is 9.23. The summed E-state index contributed by atoms with van der Waals surface area (Å²) in [7, 11) is 0.